The minimum absolute atomic E-state index is 0.145. The Morgan fingerprint density at radius 2 is 2.47 bits per heavy atom. The van der Waals surface area contributed by atoms with E-state index in [-0.39, 0.29) is 5.54 Å². The number of nitrogens with two attached hydrogens (primary N) is 1. The van der Waals surface area contributed by atoms with Crippen LogP contribution in [0.15, 0.2) is 22.8 Å². The first kappa shape index (κ1) is 13.0. The van der Waals surface area contributed by atoms with Crippen molar-refractivity contribution in [2.45, 2.75) is 37.6 Å². The number of hydrogen-bond donors (Lipinski definition) is 1. The Balaban J connectivity index is 2.15. The SMILES string of the molecule is CCN(Cc1ccco1)C1(CN)CCSC1C. The number of furan rings is 1. The van der Waals surface area contributed by atoms with Gasteiger partial charge in [-0.3, -0.25) is 4.90 Å². The van der Waals surface area contributed by atoms with Crippen molar-refractivity contribution in [3.63, 3.8) is 0 Å². The van der Waals surface area contributed by atoms with E-state index in [0.29, 0.717) is 5.25 Å². The highest BCUT2D eigenvalue weighted by Gasteiger charge is 2.44. The minimum atomic E-state index is 0.145. The van der Waals surface area contributed by atoms with Gasteiger partial charge in [0.1, 0.15) is 5.76 Å². The molecule has 1 saturated heterocycles. The predicted octanol–water partition coefficient (Wildman–Crippen LogP) is 2.32. The van der Waals surface area contributed by atoms with Gasteiger partial charge in [0, 0.05) is 17.3 Å². The van der Waals surface area contributed by atoms with E-state index in [2.05, 4.69) is 18.7 Å². The third-order valence-electron chi connectivity index (χ3n) is 3.95. The van der Waals surface area contributed by atoms with E-state index in [1.54, 1.807) is 6.26 Å². The summed E-state index contributed by atoms with van der Waals surface area (Å²) >= 11 is 2.03. The quantitative estimate of drug-likeness (QED) is 0.875. The van der Waals surface area contributed by atoms with E-state index in [9.17, 15) is 0 Å². The number of thioether (sulfide) groups is 1. The maximum atomic E-state index is 6.08. The molecule has 0 aliphatic carbocycles. The highest BCUT2D eigenvalue weighted by atomic mass is 32.2. The molecule has 2 rings (SSSR count). The van der Waals surface area contributed by atoms with Gasteiger partial charge in [-0.25, -0.2) is 0 Å². The van der Waals surface area contributed by atoms with Crippen LogP contribution >= 0.6 is 11.8 Å². The zero-order chi connectivity index (χ0) is 12.3. The van der Waals surface area contributed by atoms with E-state index in [4.69, 9.17) is 10.2 Å². The van der Waals surface area contributed by atoms with Crippen LogP contribution in [0.4, 0.5) is 0 Å². The molecule has 2 atom stereocenters. The zero-order valence-corrected chi connectivity index (χ0v) is 11.5. The number of rotatable bonds is 5. The molecule has 0 bridgehead atoms. The predicted molar refractivity (Wildman–Crippen MR) is 73.1 cm³/mol. The highest BCUT2D eigenvalue weighted by Crippen LogP contribution is 2.40. The van der Waals surface area contributed by atoms with Crippen LogP contribution < -0.4 is 5.73 Å². The summed E-state index contributed by atoms with van der Waals surface area (Å²) in [7, 11) is 0. The first-order valence-electron chi connectivity index (χ1n) is 6.32. The molecule has 0 saturated carbocycles. The summed E-state index contributed by atoms with van der Waals surface area (Å²) in [4.78, 5) is 2.48. The van der Waals surface area contributed by atoms with Crippen molar-refractivity contribution in [1.29, 1.82) is 0 Å². The van der Waals surface area contributed by atoms with Crippen LogP contribution in [-0.4, -0.2) is 34.5 Å². The Morgan fingerprint density at radius 3 is 2.94 bits per heavy atom. The van der Waals surface area contributed by atoms with Gasteiger partial charge in [-0.1, -0.05) is 13.8 Å². The summed E-state index contributed by atoms with van der Waals surface area (Å²) in [6.07, 6.45) is 2.93. The second-order valence-electron chi connectivity index (χ2n) is 4.66. The van der Waals surface area contributed by atoms with Crippen molar-refractivity contribution < 1.29 is 4.42 Å². The first-order valence-corrected chi connectivity index (χ1v) is 7.37. The molecule has 3 nitrogen and oxygen atoms in total. The maximum Gasteiger partial charge on any atom is 0.117 e. The lowest BCUT2D eigenvalue weighted by atomic mass is 9.90. The zero-order valence-electron chi connectivity index (χ0n) is 10.7. The van der Waals surface area contributed by atoms with Gasteiger partial charge in [-0.15, -0.1) is 0 Å². The second kappa shape index (κ2) is 5.46. The molecule has 0 radical (unpaired) electrons. The summed E-state index contributed by atoms with van der Waals surface area (Å²) in [5.41, 5.74) is 6.22. The van der Waals surface area contributed by atoms with Crippen LogP contribution in [0.3, 0.4) is 0 Å². The standard InChI is InChI=1S/C13H22N2OS/c1-3-15(9-12-5-4-7-16-12)13(10-14)6-8-17-11(13)2/h4-5,7,11H,3,6,8-10,14H2,1-2H3. The van der Waals surface area contributed by atoms with E-state index >= 15 is 0 Å². The molecular weight excluding hydrogens is 232 g/mol. The van der Waals surface area contributed by atoms with Gasteiger partial charge in [0.05, 0.1) is 12.8 Å². The fourth-order valence-electron chi connectivity index (χ4n) is 2.76. The average molecular weight is 254 g/mol. The van der Waals surface area contributed by atoms with Crippen molar-refractivity contribution in [2.75, 3.05) is 18.8 Å². The largest absolute Gasteiger partial charge is 0.468 e. The minimum Gasteiger partial charge on any atom is -0.468 e. The molecular formula is C13H22N2OS. The van der Waals surface area contributed by atoms with Crippen LogP contribution in [-0.2, 0) is 6.54 Å². The van der Waals surface area contributed by atoms with Crippen molar-refractivity contribution in [3.05, 3.63) is 24.2 Å². The lowest BCUT2D eigenvalue weighted by molar-refractivity contribution is 0.0873. The molecule has 0 aromatic carbocycles. The molecule has 0 amide bonds. The summed E-state index contributed by atoms with van der Waals surface area (Å²) < 4.78 is 5.46. The summed E-state index contributed by atoms with van der Waals surface area (Å²) in [5, 5.41) is 0.599. The molecule has 4 heteroatoms. The van der Waals surface area contributed by atoms with Crippen LogP contribution in [0.1, 0.15) is 26.0 Å². The average Bonchev–Trinajstić information content (AvgIpc) is 2.96. The highest BCUT2D eigenvalue weighted by molar-refractivity contribution is 8.00. The number of hydrogen-bond acceptors (Lipinski definition) is 4. The molecule has 2 unspecified atom stereocenters. The molecule has 1 fully saturated rings. The Bertz CT molecular complexity index is 341. The Labute approximate surface area is 108 Å². The monoisotopic (exact) mass is 254 g/mol. The Kier molecular flexibility index (Phi) is 4.17. The topological polar surface area (TPSA) is 42.4 Å². The van der Waals surface area contributed by atoms with E-state index < -0.39 is 0 Å². The summed E-state index contributed by atoms with van der Waals surface area (Å²) in [5.74, 6) is 2.25. The van der Waals surface area contributed by atoms with E-state index in [0.717, 1.165) is 25.4 Å². The smallest absolute Gasteiger partial charge is 0.117 e. The first-order chi connectivity index (χ1) is 8.23. The van der Waals surface area contributed by atoms with E-state index in [1.165, 1.54) is 12.2 Å². The van der Waals surface area contributed by atoms with Crippen LogP contribution in [0, 0.1) is 0 Å². The summed E-state index contributed by atoms with van der Waals surface area (Å²) in [6.45, 7) is 7.12. The van der Waals surface area contributed by atoms with Gasteiger partial charge in [-0.2, -0.15) is 11.8 Å². The molecule has 0 spiro atoms. The second-order valence-corrected chi connectivity index (χ2v) is 6.11. The molecule has 2 heterocycles. The molecule has 17 heavy (non-hydrogen) atoms. The maximum absolute atomic E-state index is 6.08. The van der Waals surface area contributed by atoms with Gasteiger partial charge in [0.25, 0.3) is 0 Å². The third kappa shape index (κ3) is 2.39. The van der Waals surface area contributed by atoms with Crippen LogP contribution in [0.2, 0.25) is 0 Å². The van der Waals surface area contributed by atoms with E-state index in [1.807, 2.05) is 23.9 Å². The number of nitrogens with zero attached hydrogens (tertiary/aromatic N) is 1. The summed E-state index contributed by atoms with van der Waals surface area (Å²) in [6, 6.07) is 3.99. The van der Waals surface area contributed by atoms with Gasteiger partial charge in [0.2, 0.25) is 0 Å². The van der Waals surface area contributed by atoms with Gasteiger partial charge < -0.3 is 10.2 Å². The van der Waals surface area contributed by atoms with Gasteiger partial charge in [0.15, 0.2) is 0 Å². The van der Waals surface area contributed by atoms with Crippen LogP contribution in [0.25, 0.3) is 0 Å². The fourth-order valence-corrected chi connectivity index (χ4v) is 4.26. The molecule has 96 valence electrons. The van der Waals surface area contributed by atoms with Crippen LogP contribution in [0.5, 0.6) is 0 Å². The lowest BCUT2D eigenvalue weighted by Gasteiger charge is -2.42. The van der Waals surface area contributed by atoms with Crippen molar-refractivity contribution in [2.24, 2.45) is 5.73 Å². The lowest BCUT2D eigenvalue weighted by Crippen LogP contribution is -2.56. The molecule has 1 aromatic rings. The normalized spacial score (nSPS) is 29.1. The van der Waals surface area contributed by atoms with Crippen molar-refractivity contribution in [3.8, 4) is 0 Å². The fraction of sp³-hybridized carbons (Fsp3) is 0.692. The Morgan fingerprint density at radius 1 is 1.65 bits per heavy atom. The Hall–Kier alpha value is -0.450. The molecule has 1 aromatic heterocycles. The molecule has 2 N–H and O–H groups in total. The number of likely N-dealkylation sites (N-methyl/N-ethyl adjacent to an activating group) is 1. The van der Waals surface area contributed by atoms with Crippen molar-refractivity contribution >= 4 is 11.8 Å². The molecule has 1 aliphatic heterocycles. The van der Waals surface area contributed by atoms with Gasteiger partial charge >= 0.3 is 0 Å². The third-order valence-corrected chi connectivity index (χ3v) is 5.33. The molecule has 1 aliphatic rings. The van der Waals surface area contributed by atoms with Crippen molar-refractivity contribution in [1.82, 2.24) is 4.90 Å². The van der Waals surface area contributed by atoms with Gasteiger partial charge in [-0.05, 0) is 30.9 Å².